The zero-order valence-electron chi connectivity index (χ0n) is 13.3. The van der Waals surface area contributed by atoms with E-state index in [4.69, 9.17) is 0 Å². The Labute approximate surface area is 140 Å². The average Bonchev–Trinajstić information content (AvgIpc) is 2.55. The van der Waals surface area contributed by atoms with Crippen LogP contribution in [0.25, 0.3) is 16.8 Å². The monoisotopic (exact) mass is 340 g/mol. The van der Waals surface area contributed by atoms with Crippen LogP contribution in [0, 0.1) is 6.92 Å². The molecule has 0 spiro atoms. The van der Waals surface area contributed by atoms with Gasteiger partial charge in [-0.25, -0.2) is 8.42 Å². The van der Waals surface area contributed by atoms with Crippen molar-refractivity contribution < 1.29 is 8.42 Å². The maximum absolute atomic E-state index is 12.9. The first-order chi connectivity index (χ1) is 11.4. The summed E-state index contributed by atoms with van der Waals surface area (Å²) in [6, 6.07) is 11.9. The molecule has 0 saturated carbocycles. The molecule has 0 aliphatic rings. The standard InChI is InChI=1S/C18H16N2O3S/c1-13-15(5-3-7-17(13)24(2,22)23)16-6-4-12-20(18(16)21)14-8-10-19-11-9-14/h3-12H,1-2H3. The van der Waals surface area contributed by atoms with Crippen LogP contribution in [0.1, 0.15) is 5.56 Å². The van der Waals surface area contributed by atoms with Crippen LogP contribution in [-0.2, 0) is 9.84 Å². The lowest BCUT2D eigenvalue weighted by atomic mass is 10.0. The fraction of sp³-hybridized carbons (Fsp3) is 0.111. The molecule has 0 unspecified atom stereocenters. The predicted molar refractivity (Wildman–Crippen MR) is 93.1 cm³/mol. The van der Waals surface area contributed by atoms with Crippen LogP contribution >= 0.6 is 0 Å². The van der Waals surface area contributed by atoms with E-state index in [1.54, 1.807) is 68.0 Å². The molecule has 3 rings (SSSR count). The van der Waals surface area contributed by atoms with Gasteiger partial charge >= 0.3 is 0 Å². The molecule has 0 amide bonds. The summed E-state index contributed by atoms with van der Waals surface area (Å²) >= 11 is 0. The Kier molecular flexibility index (Phi) is 4.07. The lowest BCUT2D eigenvalue weighted by Gasteiger charge is -2.12. The summed E-state index contributed by atoms with van der Waals surface area (Å²) < 4.78 is 25.4. The second kappa shape index (κ2) is 6.05. The Morgan fingerprint density at radius 1 is 0.958 bits per heavy atom. The number of hydrogen-bond donors (Lipinski definition) is 0. The molecule has 6 heteroatoms. The van der Waals surface area contributed by atoms with Crippen LogP contribution in [0.15, 0.2) is 70.7 Å². The van der Waals surface area contributed by atoms with E-state index in [9.17, 15) is 13.2 Å². The van der Waals surface area contributed by atoms with Gasteiger partial charge in [-0.3, -0.25) is 14.3 Å². The fourth-order valence-corrected chi connectivity index (χ4v) is 3.71. The van der Waals surface area contributed by atoms with E-state index in [1.807, 2.05) is 0 Å². The van der Waals surface area contributed by atoms with E-state index in [-0.39, 0.29) is 10.5 Å². The summed E-state index contributed by atoms with van der Waals surface area (Å²) in [6.07, 6.45) is 6.07. The summed E-state index contributed by atoms with van der Waals surface area (Å²) in [5, 5.41) is 0. The van der Waals surface area contributed by atoms with Crippen molar-refractivity contribution in [2.24, 2.45) is 0 Å². The summed E-state index contributed by atoms with van der Waals surface area (Å²) in [6.45, 7) is 1.72. The average molecular weight is 340 g/mol. The Hall–Kier alpha value is -2.73. The lowest BCUT2D eigenvalue weighted by Crippen LogP contribution is -2.19. The van der Waals surface area contributed by atoms with Crippen LogP contribution < -0.4 is 5.56 Å². The Morgan fingerprint density at radius 2 is 1.62 bits per heavy atom. The Morgan fingerprint density at radius 3 is 2.29 bits per heavy atom. The van der Waals surface area contributed by atoms with Gasteiger partial charge in [-0.1, -0.05) is 12.1 Å². The van der Waals surface area contributed by atoms with E-state index < -0.39 is 9.84 Å². The summed E-state index contributed by atoms with van der Waals surface area (Å²) in [5.74, 6) is 0. The first kappa shape index (κ1) is 16.1. The van der Waals surface area contributed by atoms with E-state index >= 15 is 0 Å². The molecule has 0 radical (unpaired) electrons. The SMILES string of the molecule is Cc1c(-c2cccn(-c3ccncc3)c2=O)cccc1S(C)(=O)=O. The van der Waals surface area contributed by atoms with Crippen molar-refractivity contribution in [2.75, 3.05) is 6.26 Å². The van der Waals surface area contributed by atoms with Crippen LogP contribution in [0.2, 0.25) is 0 Å². The van der Waals surface area contributed by atoms with Gasteiger partial charge in [-0.2, -0.15) is 0 Å². The molecule has 24 heavy (non-hydrogen) atoms. The highest BCUT2D eigenvalue weighted by Gasteiger charge is 2.16. The van der Waals surface area contributed by atoms with E-state index in [0.717, 1.165) is 0 Å². The molecule has 2 heterocycles. The summed E-state index contributed by atoms with van der Waals surface area (Å²) in [4.78, 5) is 17.1. The van der Waals surface area contributed by atoms with E-state index in [1.165, 1.54) is 10.8 Å². The van der Waals surface area contributed by atoms with Crippen LogP contribution in [0.4, 0.5) is 0 Å². The molecule has 0 aliphatic heterocycles. The summed E-state index contributed by atoms with van der Waals surface area (Å²) in [5.41, 5.74) is 2.14. The topological polar surface area (TPSA) is 69.0 Å². The maximum Gasteiger partial charge on any atom is 0.262 e. The number of aromatic nitrogens is 2. The molecule has 1 aromatic carbocycles. The van der Waals surface area contributed by atoms with Crippen LogP contribution in [-0.4, -0.2) is 24.2 Å². The third-order valence-electron chi connectivity index (χ3n) is 3.86. The molecule has 2 aromatic heterocycles. The van der Waals surface area contributed by atoms with Gasteiger partial charge in [0.2, 0.25) is 0 Å². The highest BCUT2D eigenvalue weighted by Crippen LogP contribution is 2.26. The van der Waals surface area contributed by atoms with E-state index in [0.29, 0.717) is 22.4 Å². The minimum atomic E-state index is -3.36. The number of sulfone groups is 1. The molecule has 0 fully saturated rings. The molecule has 122 valence electrons. The number of rotatable bonds is 3. The lowest BCUT2D eigenvalue weighted by molar-refractivity contribution is 0.601. The van der Waals surface area contributed by atoms with Gasteiger partial charge in [0, 0.05) is 30.4 Å². The van der Waals surface area contributed by atoms with Gasteiger partial charge < -0.3 is 0 Å². The van der Waals surface area contributed by atoms with Crippen molar-refractivity contribution >= 4 is 9.84 Å². The number of hydrogen-bond acceptors (Lipinski definition) is 4. The second-order valence-corrected chi connectivity index (χ2v) is 7.49. The Balaban J connectivity index is 2.25. The zero-order chi connectivity index (χ0) is 17.3. The first-order valence-corrected chi connectivity index (χ1v) is 9.21. The quantitative estimate of drug-likeness (QED) is 0.735. The second-order valence-electron chi connectivity index (χ2n) is 5.50. The van der Waals surface area contributed by atoms with Crippen molar-refractivity contribution in [3.63, 3.8) is 0 Å². The molecule has 0 N–H and O–H groups in total. The van der Waals surface area contributed by atoms with Gasteiger partial charge in [0.25, 0.3) is 5.56 Å². The molecular weight excluding hydrogens is 324 g/mol. The van der Waals surface area contributed by atoms with Crippen molar-refractivity contribution in [1.82, 2.24) is 9.55 Å². The van der Waals surface area contributed by atoms with E-state index in [2.05, 4.69) is 4.98 Å². The van der Waals surface area contributed by atoms with Gasteiger partial charge in [0.05, 0.1) is 10.6 Å². The predicted octanol–water partition coefficient (Wildman–Crippen LogP) is 2.61. The van der Waals surface area contributed by atoms with Gasteiger partial charge in [0.1, 0.15) is 0 Å². The number of pyridine rings is 2. The Bertz CT molecular complexity index is 1060. The van der Waals surface area contributed by atoms with Gasteiger partial charge in [-0.05, 0) is 48.4 Å². The van der Waals surface area contributed by atoms with Crippen molar-refractivity contribution in [1.29, 1.82) is 0 Å². The number of nitrogens with zero attached hydrogens (tertiary/aromatic N) is 2. The highest BCUT2D eigenvalue weighted by molar-refractivity contribution is 7.90. The van der Waals surface area contributed by atoms with Gasteiger partial charge in [0.15, 0.2) is 9.84 Å². The molecule has 0 aliphatic carbocycles. The molecule has 3 aromatic rings. The largest absolute Gasteiger partial charge is 0.284 e. The molecule has 0 saturated heterocycles. The van der Waals surface area contributed by atoms with Crippen molar-refractivity contribution in [3.8, 4) is 16.8 Å². The smallest absolute Gasteiger partial charge is 0.262 e. The normalized spacial score (nSPS) is 11.4. The van der Waals surface area contributed by atoms with Crippen molar-refractivity contribution in [3.05, 3.63) is 77.0 Å². The first-order valence-electron chi connectivity index (χ1n) is 7.32. The minimum Gasteiger partial charge on any atom is -0.284 e. The summed E-state index contributed by atoms with van der Waals surface area (Å²) in [7, 11) is -3.36. The molecule has 5 nitrogen and oxygen atoms in total. The minimum absolute atomic E-state index is 0.211. The van der Waals surface area contributed by atoms with Crippen molar-refractivity contribution in [2.45, 2.75) is 11.8 Å². The zero-order valence-corrected chi connectivity index (χ0v) is 14.1. The highest BCUT2D eigenvalue weighted by atomic mass is 32.2. The van der Waals surface area contributed by atoms with Gasteiger partial charge in [-0.15, -0.1) is 0 Å². The molecular formula is C18H16N2O3S. The molecule has 0 bridgehead atoms. The van der Waals surface area contributed by atoms with Crippen LogP contribution in [0.3, 0.4) is 0 Å². The maximum atomic E-state index is 12.9. The molecule has 0 atom stereocenters. The third-order valence-corrected chi connectivity index (χ3v) is 5.10. The third kappa shape index (κ3) is 2.88. The number of benzene rings is 1. The van der Waals surface area contributed by atoms with Crippen LogP contribution in [0.5, 0.6) is 0 Å². The fourth-order valence-electron chi connectivity index (χ4n) is 2.71.